The lowest BCUT2D eigenvalue weighted by Gasteiger charge is -2.46. The molecular formula is C23H25N3O3S. The number of nitriles is 1. The molecule has 0 bridgehead atoms. The van der Waals surface area contributed by atoms with Gasteiger partial charge in [-0.2, -0.15) is 5.26 Å². The van der Waals surface area contributed by atoms with E-state index in [1.54, 1.807) is 26.0 Å². The summed E-state index contributed by atoms with van der Waals surface area (Å²) in [6.07, 6.45) is 2.25. The summed E-state index contributed by atoms with van der Waals surface area (Å²) >= 11 is 1.41. The van der Waals surface area contributed by atoms with Crippen LogP contribution in [0.1, 0.15) is 60.5 Å². The Morgan fingerprint density at radius 3 is 2.67 bits per heavy atom. The molecule has 7 heteroatoms. The van der Waals surface area contributed by atoms with E-state index in [1.165, 1.54) is 11.3 Å². The monoisotopic (exact) mass is 423 g/mol. The van der Waals surface area contributed by atoms with Gasteiger partial charge in [0.2, 0.25) is 5.91 Å². The summed E-state index contributed by atoms with van der Waals surface area (Å²) in [6.45, 7) is 5.86. The Morgan fingerprint density at radius 2 is 2.07 bits per heavy atom. The first kappa shape index (κ1) is 20.4. The SMILES string of the molecule is CCOC(=O)c1ccc2c(c1)[C@H](Nc1ccc(C#N)s1)[C@@H](C)[C@H](C1CC1)N2C(C)=O. The molecule has 0 saturated heterocycles. The molecule has 156 valence electrons. The molecular weight excluding hydrogens is 398 g/mol. The molecule has 2 heterocycles. The molecule has 30 heavy (non-hydrogen) atoms. The lowest BCUT2D eigenvalue weighted by Crippen LogP contribution is -2.51. The van der Waals surface area contributed by atoms with Gasteiger partial charge in [-0.3, -0.25) is 4.79 Å². The van der Waals surface area contributed by atoms with Crippen LogP contribution >= 0.6 is 11.3 Å². The van der Waals surface area contributed by atoms with Crippen LogP contribution < -0.4 is 10.2 Å². The molecule has 0 radical (unpaired) electrons. The molecule has 1 aromatic heterocycles. The third-order valence-corrected chi connectivity index (χ3v) is 6.88. The van der Waals surface area contributed by atoms with Crippen LogP contribution in [0.25, 0.3) is 0 Å². The number of nitrogens with one attached hydrogen (secondary N) is 1. The number of amides is 1. The van der Waals surface area contributed by atoms with Gasteiger partial charge in [-0.15, -0.1) is 11.3 Å². The molecule has 1 aliphatic heterocycles. The second-order valence-electron chi connectivity index (χ2n) is 7.97. The van der Waals surface area contributed by atoms with Gasteiger partial charge in [0, 0.05) is 24.6 Å². The quantitative estimate of drug-likeness (QED) is 0.703. The molecule has 1 aliphatic carbocycles. The first-order valence-electron chi connectivity index (χ1n) is 10.3. The Labute approximate surface area is 180 Å². The van der Waals surface area contributed by atoms with Crippen molar-refractivity contribution in [3.8, 4) is 6.07 Å². The molecule has 1 N–H and O–H groups in total. The van der Waals surface area contributed by atoms with E-state index < -0.39 is 0 Å². The Bertz CT molecular complexity index is 1020. The Hall–Kier alpha value is -2.85. The molecule has 1 aromatic carbocycles. The molecule has 0 unspecified atom stereocenters. The van der Waals surface area contributed by atoms with Gasteiger partial charge in [-0.1, -0.05) is 6.92 Å². The standard InChI is InChI=1S/C23H25N3O3S/c1-4-29-23(28)16-7-9-19-18(11-16)21(25-20-10-8-17(12-24)30-20)13(2)22(15-5-6-15)26(19)14(3)27/h7-11,13,15,21-22,25H,4-6H2,1-3H3/t13-,21-,22-/m1/s1. The van der Waals surface area contributed by atoms with Crippen LogP contribution in [0.15, 0.2) is 30.3 Å². The van der Waals surface area contributed by atoms with E-state index in [4.69, 9.17) is 4.74 Å². The van der Waals surface area contributed by atoms with E-state index in [1.807, 2.05) is 23.1 Å². The Kier molecular flexibility index (Phi) is 5.52. The van der Waals surface area contributed by atoms with Crippen LogP contribution in [-0.2, 0) is 9.53 Å². The summed E-state index contributed by atoms with van der Waals surface area (Å²) in [5.74, 6) is 0.279. The molecule has 3 atom stereocenters. The van der Waals surface area contributed by atoms with Gasteiger partial charge in [0.05, 0.1) is 23.2 Å². The van der Waals surface area contributed by atoms with Gasteiger partial charge >= 0.3 is 5.97 Å². The highest BCUT2D eigenvalue weighted by Gasteiger charge is 2.47. The summed E-state index contributed by atoms with van der Waals surface area (Å²) in [6, 6.07) is 11.4. The highest BCUT2D eigenvalue weighted by atomic mass is 32.1. The highest BCUT2D eigenvalue weighted by molar-refractivity contribution is 7.16. The minimum atomic E-state index is -0.367. The van der Waals surface area contributed by atoms with E-state index in [9.17, 15) is 14.9 Å². The molecule has 0 spiro atoms. The number of ether oxygens (including phenoxy) is 1. The zero-order valence-corrected chi connectivity index (χ0v) is 18.2. The number of thiophene rings is 1. The van der Waals surface area contributed by atoms with Crippen LogP contribution in [0.4, 0.5) is 10.7 Å². The van der Waals surface area contributed by atoms with Crippen LogP contribution in [0, 0.1) is 23.2 Å². The zero-order chi connectivity index (χ0) is 21.4. The number of nitrogens with zero attached hydrogens (tertiary/aromatic N) is 2. The maximum atomic E-state index is 12.7. The van der Waals surface area contributed by atoms with Crippen molar-refractivity contribution in [2.45, 2.75) is 45.7 Å². The molecule has 2 aromatic rings. The minimum Gasteiger partial charge on any atom is -0.462 e. The number of fused-ring (bicyclic) bond motifs is 1. The number of carbonyl (C=O) groups is 2. The smallest absolute Gasteiger partial charge is 0.338 e. The van der Waals surface area contributed by atoms with Crippen molar-refractivity contribution in [1.82, 2.24) is 0 Å². The fraction of sp³-hybridized carbons (Fsp3) is 0.435. The van der Waals surface area contributed by atoms with Gasteiger partial charge in [0.25, 0.3) is 0 Å². The number of carbonyl (C=O) groups excluding carboxylic acids is 2. The second kappa shape index (κ2) is 8.11. The molecule has 1 saturated carbocycles. The number of benzene rings is 1. The predicted molar refractivity (Wildman–Crippen MR) is 117 cm³/mol. The molecule has 2 aliphatic rings. The first-order chi connectivity index (χ1) is 14.4. The van der Waals surface area contributed by atoms with Crippen molar-refractivity contribution in [3.63, 3.8) is 0 Å². The third kappa shape index (κ3) is 3.68. The van der Waals surface area contributed by atoms with Crippen molar-refractivity contribution in [2.75, 3.05) is 16.8 Å². The zero-order valence-electron chi connectivity index (χ0n) is 17.3. The second-order valence-corrected chi connectivity index (χ2v) is 9.05. The van der Waals surface area contributed by atoms with Crippen molar-refractivity contribution >= 4 is 33.9 Å². The van der Waals surface area contributed by atoms with E-state index in [2.05, 4.69) is 18.3 Å². The number of hydrogen-bond acceptors (Lipinski definition) is 6. The third-order valence-electron chi connectivity index (χ3n) is 5.95. The van der Waals surface area contributed by atoms with Gasteiger partial charge in [-0.05, 0) is 61.6 Å². The lowest BCUT2D eigenvalue weighted by molar-refractivity contribution is -0.117. The maximum Gasteiger partial charge on any atom is 0.338 e. The summed E-state index contributed by atoms with van der Waals surface area (Å²) in [5.41, 5.74) is 2.24. The van der Waals surface area contributed by atoms with Gasteiger partial charge in [-0.25, -0.2) is 4.79 Å². The van der Waals surface area contributed by atoms with Gasteiger partial charge < -0.3 is 15.0 Å². The average Bonchev–Trinajstić information content (AvgIpc) is 3.46. The number of rotatable bonds is 5. The molecule has 6 nitrogen and oxygen atoms in total. The normalized spacial score (nSPS) is 22.7. The average molecular weight is 424 g/mol. The van der Waals surface area contributed by atoms with Crippen molar-refractivity contribution in [2.24, 2.45) is 11.8 Å². The molecule has 4 rings (SSSR count). The molecule has 1 fully saturated rings. The maximum absolute atomic E-state index is 12.7. The lowest BCUT2D eigenvalue weighted by atomic mass is 9.79. The van der Waals surface area contributed by atoms with Crippen LogP contribution in [0.3, 0.4) is 0 Å². The first-order valence-corrected chi connectivity index (χ1v) is 11.1. The largest absolute Gasteiger partial charge is 0.462 e. The topological polar surface area (TPSA) is 82.4 Å². The van der Waals surface area contributed by atoms with Crippen molar-refractivity contribution in [1.29, 1.82) is 5.26 Å². The number of hydrogen-bond donors (Lipinski definition) is 1. The minimum absolute atomic E-state index is 0.0187. The summed E-state index contributed by atoms with van der Waals surface area (Å²) < 4.78 is 5.19. The molecule has 1 amide bonds. The van der Waals surface area contributed by atoms with E-state index >= 15 is 0 Å². The van der Waals surface area contributed by atoms with Crippen molar-refractivity contribution < 1.29 is 14.3 Å². The summed E-state index contributed by atoms with van der Waals surface area (Å²) in [4.78, 5) is 27.6. The van der Waals surface area contributed by atoms with E-state index in [0.717, 1.165) is 29.1 Å². The van der Waals surface area contributed by atoms with Crippen LogP contribution in [-0.4, -0.2) is 24.5 Å². The van der Waals surface area contributed by atoms with Crippen LogP contribution in [0.2, 0.25) is 0 Å². The van der Waals surface area contributed by atoms with Gasteiger partial charge in [0.15, 0.2) is 0 Å². The fourth-order valence-corrected chi connectivity index (χ4v) is 5.28. The predicted octanol–water partition coefficient (Wildman–Crippen LogP) is 4.73. The van der Waals surface area contributed by atoms with Crippen LogP contribution in [0.5, 0.6) is 0 Å². The Balaban J connectivity index is 1.80. The Morgan fingerprint density at radius 1 is 1.30 bits per heavy atom. The summed E-state index contributed by atoms with van der Waals surface area (Å²) in [5, 5.41) is 13.7. The van der Waals surface area contributed by atoms with Gasteiger partial charge in [0.1, 0.15) is 10.9 Å². The fourth-order valence-electron chi connectivity index (χ4n) is 4.54. The number of anilines is 2. The van der Waals surface area contributed by atoms with E-state index in [-0.39, 0.29) is 29.9 Å². The van der Waals surface area contributed by atoms with Crippen molar-refractivity contribution in [3.05, 3.63) is 46.3 Å². The number of esters is 1. The highest BCUT2D eigenvalue weighted by Crippen LogP contribution is 2.50. The van der Waals surface area contributed by atoms with E-state index in [0.29, 0.717) is 23.0 Å². The summed E-state index contributed by atoms with van der Waals surface area (Å²) in [7, 11) is 0.